The predicted octanol–water partition coefficient (Wildman–Crippen LogP) is 2.25. The molecule has 0 unspecified atom stereocenters. The largest absolute Gasteiger partial charge is 0.352 e. The van der Waals surface area contributed by atoms with Crippen molar-refractivity contribution in [3.63, 3.8) is 0 Å². The molecule has 3 rings (SSSR count). The van der Waals surface area contributed by atoms with Crippen molar-refractivity contribution < 1.29 is 0 Å². The maximum atomic E-state index is 5.90. The molecule has 4 nitrogen and oxygen atoms in total. The van der Waals surface area contributed by atoms with Crippen molar-refractivity contribution in [1.29, 1.82) is 0 Å². The number of hydrogen-bond donors (Lipinski definition) is 0. The minimum Gasteiger partial charge on any atom is -0.352 e. The highest BCUT2D eigenvalue weighted by Crippen LogP contribution is 2.32. The van der Waals surface area contributed by atoms with E-state index in [0.29, 0.717) is 11.9 Å². The molecule has 0 amide bonds. The van der Waals surface area contributed by atoms with Gasteiger partial charge in [-0.15, -0.1) is 11.6 Å². The Labute approximate surface area is 105 Å². The molecular weight excluding hydrogens is 236 g/mol. The van der Waals surface area contributed by atoms with Crippen LogP contribution < -0.4 is 4.90 Å². The first-order valence-corrected chi connectivity index (χ1v) is 6.46. The molecule has 0 saturated heterocycles. The molecule has 0 N–H and O–H groups in total. The van der Waals surface area contributed by atoms with Gasteiger partial charge in [0, 0.05) is 18.5 Å². The molecule has 2 aromatic rings. The average molecular weight is 251 g/mol. The van der Waals surface area contributed by atoms with Gasteiger partial charge in [0.05, 0.1) is 0 Å². The zero-order valence-corrected chi connectivity index (χ0v) is 10.6. The predicted molar refractivity (Wildman–Crippen MR) is 68.8 cm³/mol. The van der Waals surface area contributed by atoms with Crippen molar-refractivity contribution in [3.8, 4) is 0 Å². The molecule has 1 saturated carbocycles. The smallest absolute Gasteiger partial charge is 0.157 e. The first-order chi connectivity index (χ1) is 8.29. The summed E-state index contributed by atoms with van der Waals surface area (Å²) in [6.45, 7) is 2.95. The van der Waals surface area contributed by atoms with E-state index < -0.39 is 0 Å². The molecule has 2 heterocycles. The van der Waals surface area contributed by atoms with Crippen LogP contribution in [-0.2, 0) is 0 Å². The molecule has 0 spiro atoms. The summed E-state index contributed by atoms with van der Waals surface area (Å²) in [6.07, 6.45) is 4.10. The second-order valence-electron chi connectivity index (χ2n) is 4.53. The lowest BCUT2D eigenvalue weighted by molar-refractivity contribution is 0.778. The van der Waals surface area contributed by atoms with E-state index in [4.69, 9.17) is 11.6 Å². The summed E-state index contributed by atoms with van der Waals surface area (Å²) in [6, 6.07) is 4.83. The van der Waals surface area contributed by atoms with E-state index in [0.717, 1.165) is 18.0 Å². The van der Waals surface area contributed by atoms with Crippen LogP contribution in [0.25, 0.3) is 5.65 Å². The Balaban J connectivity index is 2.09. The van der Waals surface area contributed by atoms with Crippen molar-refractivity contribution >= 4 is 23.1 Å². The fourth-order valence-corrected chi connectivity index (χ4v) is 2.38. The van der Waals surface area contributed by atoms with Crippen LogP contribution in [0.15, 0.2) is 18.5 Å². The quantitative estimate of drug-likeness (QED) is 0.781. The minimum atomic E-state index is 0.628. The van der Waals surface area contributed by atoms with Gasteiger partial charge >= 0.3 is 0 Å². The van der Waals surface area contributed by atoms with Crippen molar-refractivity contribution in [2.45, 2.75) is 25.8 Å². The second kappa shape index (κ2) is 4.18. The Hall–Kier alpha value is -1.29. The van der Waals surface area contributed by atoms with Gasteiger partial charge in [0.1, 0.15) is 12.1 Å². The first kappa shape index (κ1) is 10.8. The summed E-state index contributed by atoms with van der Waals surface area (Å²) in [5, 5.41) is 4.29. The van der Waals surface area contributed by atoms with Crippen LogP contribution in [-0.4, -0.2) is 33.1 Å². The summed E-state index contributed by atoms with van der Waals surface area (Å²) in [5.41, 5.74) is 2.11. The van der Waals surface area contributed by atoms with Crippen LogP contribution in [0.2, 0.25) is 0 Å². The summed E-state index contributed by atoms with van der Waals surface area (Å²) >= 11 is 5.90. The molecule has 5 heteroatoms. The Kier molecular flexibility index (Phi) is 2.67. The molecule has 0 aliphatic heterocycles. The van der Waals surface area contributed by atoms with Gasteiger partial charge in [0.25, 0.3) is 0 Å². The molecule has 0 radical (unpaired) electrons. The molecule has 17 heavy (non-hydrogen) atoms. The molecule has 90 valence electrons. The lowest BCUT2D eigenvalue weighted by Crippen LogP contribution is -2.29. The number of pyridine rings is 1. The van der Waals surface area contributed by atoms with E-state index in [1.807, 2.05) is 10.6 Å². The highest BCUT2D eigenvalue weighted by molar-refractivity contribution is 6.18. The van der Waals surface area contributed by atoms with E-state index >= 15 is 0 Å². The normalized spacial score (nSPS) is 15.4. The number of halogens is 1. The van der Waals surface area contributed by atoms with E-state index in [-0.39, 0.29) is 0 Å². The lowest BCUT2D eigenvalue weighted by atomic mass is 10.2. The number of fused-ring (bicyclic) bond motifs is 1. The maximum absolute atomic E-state index is 5.90. The molecule has 0 aromatic carbocycles. The number of aromatic nitrogens is 3. The van der Waals surface area contributed by atoms with E-state index in [9.17, 15) is 0 Å². The minimum absolute atomic E-state index is 0.628. The standard InChI is InChI=1S/C12H15ClN4/c1-9-6-11-14-8-15-17(11)12(7-9)16(5-4-13)10-2-3-10/h6-8,10H,2-5H2,1H3. The fourth-order valence-electron chi connectivity index (χ4n) is 2.20. The van der Waals surface area contributed by atoms with E-state index in [1.165, 1.54) is 18.4 Å². The third kappa shape index (κ3) is 1.97. The molecule has 1 fully saturated rings. The average Bonchev–Trinajstić information content (AvgIpc) is 3.04. The Bertz CT molecular complexity index is 532. The highest BCUT2D eigenvalue weighted by atomic mass is 35.5. The summed E-state index contributed by atoms with van der Waals surface area (Å²) in [5.74, 6) is 1.75. The third-order valence-corrected chi connectivity index (χ3v) is 3.28. The zero-order chi connectivity index (χ0) is 11.8. The van der Waals surface area contributed by atoms with Crippen LogP contribution in [0.1, 0.15) is 18.4 Å². The zero-order valence-electron chi connectivity index (χ0n) is 9.80. The highest BCUT2D eigenvalue weighted by Gasteiger charge is 2.30. The van der Waals surface area contributed by atoms with Gasteiger partial charge in [-0.05, 0) is 37.5 Å². The summed E-state index contributed by atoms with van der Waals surface area (Å²) in [4.78, 5) is 6.60. The fraction of sp³-hybridized carbons (Fsp3) is 0.500. The van der Waals surface area contributed by atoms with Crippen molar-refractivity contribution in [2.24, 2.45) is 0 Å². The number of hydrogen-bond acceptors (Lipinski definition) is 3. The number of rotatable bonds is 4. The third-order valence-electron chi connectivity index (χ3n) is 3.11. The topological polar surface area (TPSA) is 33.4 Å². The van der Waals surface area contributed by atoms with Crippen molar-refractivity contribution in [1.82, 2.24) is 14.6 Å². The van der Waals surface area contributed by atoms with Gasteiger partial charge < -0.3 is 4.90 Å². The van der Waals surface area contributed by atoms with Gasteiger partial charge in [0.15, 0.2) is 5.65 Å². The SMILES string of the molecule is Cc1cc(N(CCCl)C2CC2)n2ncnc2c1. The van der Waals surface area contributed by atoms with Crippen LogP contribution >= 0.6 is 11.6 Å². The first-order valence-electron chi connectivity index (χ1n) is 5.92. The van der Waals surface area contributed by atoms with Crippen molar-refractivity contribution in [2.75, 3.05) is 17.3 Å². The van der Waals surface area contributed by atoms with Crippen LogP contribution in [0, 0.1) is 6.92 Å². The molecule has 2 aromatic heterocycles. The number of aryl methyl sites for hydroxylation is 1. The van der Waals surface area contributed by atoms with Gasteiger partial charge in [-0.2, -0.15) is 9.61 Å². The Morgan fingerprint density at radius 2 is 2.29 bits per heavy atom. The maximum Gasteiger partial charge on any atom is 0.157 e. The Morgan fingerprint density at radius 3 is 3.00 bits per heavy atom. The molecule has 1 aliphatic carbocycles. The summed E-state index contributed by atoms with van der Waals surface area (Å²) < 4.78 is 1.90. The van der Waals surface area contributed by atoms with Gasteiger partial charge in [-0.25, -0.2) is 4.98 Å². The van der Waals surface area contributed by atoms with Crippen LogP contribution in [0.5, 0.6) is 0 Å². The monoisotopic (exact) mass is 250 g/mol. The number of nitrogens with zero attached hydrogens (tertiary/aromatic N) is 4. The molecular formula is C12H15ClN4. The van der Waals surface area contributed by atoms with Gasteiger partial charge in [-0.1, -0.05) is 0 Å². The second-order valence-corrected chi connectivity index (χ2v) is 4.91. The number of alkyl halides is 1. The molecule has 1 aliphatic rings. The lowest BCUT2D eigenvalue weighted by Gasteiger charge is -2.24. The molecule has 0 atom stereocenters. The Morgan fingerprint density at radius 1 is 1.47 bits per heavy atom. The van der Waals surface area contributed by atoms with Gasteiger partial charge in [0.2, 0.25) is 0 Å². The molecule has 0 bridgehead atoms. The van der Waals surface area contributed by atoms with Crippen LogP contribution in [0.4, 0.5) is 5.82 Å². The number of anilines is 1. The van der Waals surface area contributed by atoms with Gasteiger partial charge in [-0.3, -0.25) is 0 Å². The van der Waals surface area contributed by atoms with Crippen LogP contribution in [0.3, 0.4) is 0 Å². The van der Waals surface area contributed by atoms with E-state index in [1.54, 1.807) is 6.33 Å². The summed E-state index contributed by atoms with van der Waals surface area (Å²) in [7, 11) is 0. The van der Waals surface area contributed by atoms with Crippen molar-refractivity contribution in [3.05, 3.63) is 24.0 Å². The van der Waals surface area contributed by atoms with E-state index in [2.05, 4.69) is 28.0 Å².